The Morgan fingerprint density at radius 1 is 0.356 bits per heavy atom. The zero-order valence-corrected chi connectivity index (χ0v) is 56.9. The van der Waals surface area contributed by atoms with Gasteiger partial charge < -0.3 is 38.0 Å². The molecule has 3 aromatic rings. The maximum absolute atomic E-state index is 12.9. The summed E-state index contributed by atoms with van der Waals surface area (Å²) in [7, 11) is 0. The fourth-order valence-electron chi connectivity index (χ4n) is 11.0. The van der Waals surface area contributed by atoms with Gasteiger partial charge in [0, 0.05) is 74.9 Å². The van der Waals surface area contributed by atoms with Crippen molar-refractivity contribution in [2.75, 3.05) is 0 Å². The minimum Gasteiger partial charge on any atom is -0.426 e. The molecule has 556 valence electrons. The number of benzene rings is 3. The van der Waals surface area contributed by atoms with Crippen molar-refractivity contribution in [1.29, 1.82) is 0 Å². The van der Waals surface area contributed by atoms with Crippen LogP contribution < -0.4 is 14.2 Å². The predicted molar refractivity (Wildman–Crippen MR) is 355 cm³/mol. The van der Waals surface area contributed by atoms with Crippen LogP contribution in [0.1, 0.15) is 168 Å². The zero-order valence-electron chi connectivity index (χ0n) is 56.9. The second-order valence-electron chi connectivity index (χ2n) is 25.0. The van der Waals surface area contributed by atoms with Gasteiger partial charge in [-0.3, -0.25) is 73.6 Å². The third-order valence-corrected chi connectivity index (χ3v) is 17.1. The van der Waals surface area contributed by atoms with Crippen molar-refractivity contribution in [2.45, 2.75) is 192 Å². The molecule has 4 aliphatic carbocycles. The molecule has 3 fully saturated rings. The molecule has 10 rings (SSSR count). The van der Waals surface area contributed by atoms with Crippen LogP contribution in [0.5, 0.6) is 17.2 Å². The van der Waals surface area contributed by atoms with Crippen LogP contribution >= 0.6 is 0 Å². The minimum absolute atomic E-state index is 0.00557. The van der Waals surface area contributed by atoms with Gasteiger partial charge in [-0.1, -0.05) is 47.3 Å². The van der Waals surface area contributed by atoms with Crippen molar-refractivity contribution >= 4 is 89.1 Å². The number of hydroxylamine groups is 6. The first-order valence-corrected chi connectivity index (χ1v) is 33.6. The highest BCUT2D eigenvalue weighted by molar-refractivity contribution is 6.03. The first-order chi connectivity index (χ1) is 49.7. The smallest absolute Gasteiger partial charge is 0.426 e. The van der Waals surface area contributed by atoms with Gasteiger partial charge in [0.1, 0.15) is 41.7 Å². The Morgan fingerprint density at radius 3 is 0.981 bits per heavy atom. The number of amides is 6. The average molecular weight is 1450 g/mol. The molecule has 0 N–H and O–H groups in total. The van der Waals surface area contributed by atoms with Crippen LogP contribution in [0.2, 0.25) is 0 Å². The van der Waals surface area contributed by atoms with Gasteiger partial charge in [-0.25, -0.2) is 24.0 Å². The maximum Gasteiger partial charge on any atom is 0.534 e. The quantitative estimate of drug-likeness (QED) is 0.0199. The molecular weight excluding hydrogens is 1370 g/mol. The van der Waals surface area contributed by atoms with E-state index in [-0.39, 0.29) is 97.9 Å². The molecule has 0 aromatic heterocycles. The molecular formula is C70H78N6O28. The molecule has 3 heterocycles. The SMILES string of the molecule is C[C@@]1(C(=O)ON2C(=O)CCC2=O)CC/C=C/C(OC(=O)ON2C(=O)CCC2=O)CC1.C[C@@]1(C(=O)Oc2ccc([N+](=O)[O-])cc2)CC/C=C/C(OC(=O)Oc2ccc([N+](=O)[O-])cc2)CC1.O=C(OC1/C=C/CCCCC1)ON1C(=O)CCC1=O.O=C(Oc1ccc([N+](=O)[O-])cc1)OC1/C=C/CCCCC1. The number of carbonyl (C=O) groups is 12. The van der Waals surface area contributed by atoms with Crippen LogP contribution in [-0.2, 0) is 71.8 Å². The van der Waals surface area contributed by atoms with Gasteiger partial charge in [-0.2, -0.15) is 0 Å². The number of imide groups is 3. The molecule has 0 saturated carbocycles. The second kappa shape index (κ2) is 38.9. The van der Waals surface area contributed by atoms with Crippen LogP contribution in [0.3, 0.4) is 0 Å². The first kappa shape index (κ1) is 79.6. The molecule has 34 heteroatoms. The lowest BCUT2D eigenvalue weighted by molar-refractivity contribution is -0.385. The van der Waals surface area contributed by atoms with Crippen LogP contribution in [0.25, 0.3) is 0 Å². The third kappa shape index (κ3) is 25.1. The predicted octanol–water partition coefficient (Wildman–Crippen LogP) is 12.5. The summed E-state index contributed by atoms with van der Waals surface area (Å²) in [6.07, 6.45) is 21.8. The van der Waals surface area contributed by atoms with E-state index in [9.17, 15) is 87.9 Å². The zero-order chi connectivity index (χ0) is 75.3. The van der Waals surface area contributed by atoms with E-state index in [2.05, 4.69) is 9.68 Å². The fraction of sp³-hybridized carbons (Fsp3) is 0.457. The van der Waals surface area contributed by atoms with Gasteiger partial charge in [0.25, 0.3) is 52.5 Å². The molecule has 6 amide bonds. The number of esters is 1. The fourth-order valence-corrected chi connectivity index (χ4v) is 11.0. The Morgan fingerprint density at radius 2 is 0.644 bits per heavy atom. The standard InChI is InChI=1S/C23H22N2O9.C19H22N2O9.C15H17NO5.C13H17NO5/c1-23(21(26)32-19-9-5-16(6-10-19)24(28)29)14-3-2-4-18(13-15-23)33-22(27)34-20-11-7-17(8-12-20)25(30)31;1-19(17(26)29-20-13(22)5-6-14(20)23)10-3-2-4-12(9-11-19)28-18(27)30-21-15(24)7-8-16(21)25;17-15(20-13-6-4-2-1-3-5-7-13)21-14-10-8-12(9-11-14)16(18)19;15-11-8-9-12(16)14(11)19-13(17)18-10-6-4-2-1-3-5-7-10/h2,4-12,18H,3,13-15H2,1H3;2,4,12H,3,5-11H2,1H3;4,6,8-11,13H,1-3,5,7H2;4,6,10H,1-3,5,7-9H2/b2*4-2+;2*6-4+/t18?,23-;12?,19-;;/m11../s1. The molecule has 104 heavy (non-hydrogen) atoms. The summed E-state index contributed by atoms with van der Waals surface area (Å²) in [5.74, 6) is -4.03. The number of hydrogen-bond donors (Lipinski definition) is 0. The van der Waals surface area contributed by atoms with Gasteiger partial charge in [0.15, 0.2) is 0 Å². The van der Waals surface area contributed by atoms with Crippen molar-refractivity contribution in [3.63, 3.8) is 0 Å². The summed E-state index contributed by atoms with van der Waals surface area (Å²) in [6, 6.07) is 15.5. The first-order valence-electron chi connectivity index (χ1n) is 33.6. The molecule has 7 aliphatic rings. The molecule has 3 saturated heterocycles. The second-order valence-corrected chi connectivity index (χ2v) is 25.0. The van der Waals surface area contributed by atoms with E-state index in [0.29, 0.717) is 53.7 Å². The van der Waals surface area contributed by atoms with Gasteiger partial charge in [0.05, 0.1) is 25.6 Å². The number of carbonyl (C=O) groups excluding carboxylic acids is 12. The van der Waals surface area contributed by atoms with E-state index < -0.39 is 110 Å². The summed E-state index contributed by atoms with van der Waals surface area (Å²) in [5, 5.41) is 33.4. The highest BCUT2D eigenvalue weighted by Crippen LogP contribution is 2.37. The van der Waals surface area contributed by atoms with E-state index in [1.165, 1.54) is 72.8 Å². The van der Waals surface area contributed by atoms with E-state index in [1.807, 2.05) is 24.3 Å². The summed E-state index contributed by atoms with van der Waals surface area (Å²) in [4.78, 5) is 187. The average Bonchev–Trinajstić information content (AvgIpc) is 1.38. The van der Waals surface area contributed by atoms with E-state index >= 15 is 0 Å². The van der Waals surface area contributed by atoms with Crippen LogP contribution in [0.4, 0.5) is 36.2 Å². The van der Waals surface area contributed by atoms with E-state index in [0.717, 1.165) is 64.2 Å². The summed E-state index contributed by atoms with van der Waals surface area (Å²) in [6.45, 7) is 3.41. The highest BCUT2D eigenvalue weighted by Gasteiger charge is 2.43. The Hall–Kier alpha value is -11.7. The maximum atomic E-state index is 12.9. The van der Waals surface area contributed by atoms with Gasteiger partial charge in [0.2, 0.25) is 0 Å². The molecule has 34 nitrogen and oxygen atoms in total. The number of rotatable bonds is 15. The number of allylic oxidation sites excluding steroid dienone is 4. The lowest BCUT2D eigenvalue weighted by atomic mass is 9.79. The largest absolute Gasteiger partial charge is 0.534 e. The lowest BCUT2D eigenvalue weighted by Gasteiger charge is -2.30. The van der Waals surface area contributed by atoms with Gasteiger partial charge in [-0.05, 0) is 177 Å². The molecule has 4 unspecified atom stereocenters. The Kier molecular flexibility index (Phi) is 29.8. The van der Waals surface area contributed by atoms with Crippen LogP contribution in [0.15, 0.2) is 121 Å². The topological polar surface area (TPSA) is 436 Å². The third-order valence-electron chi connectivity index (χ3n) is 17.1. The van der Waals surface area contributed by atoms with Crippen molar-refractivity contribution in [1.82, 2.24) is 15.2 Å². The lowest BCUT2D eigenvalue weighted by Crippen LogP contribution is -2.40. The van der Waals surface area contributed by atoms with Crippen molar-refractivity contribution < 1.29 is 120 Å². The molecule has 6 atom stereocenters. The van der Waals surface area contributed by atoms with E-state index in [4.69, 9.17) is 38.0 Å². The number of non-ortho nitro benzene ring substituents is 3. The summed E-state index contributed by atoms with van der Waals surface area (Å²) in [5.41, 5.74) is -2.18. The summed E-state index contributed by atoms with van der Waals surface area (Å²) >= 11 is 0. The van der Waals surface area contributed by atoms with Gasteiger partial charge in [-0.15, -0.1) is 5.06 Å². The Bertz CT molecular complexity index is 3730. The number of hydrogen-bond acceptors (Lipinski definition) is 28. The van der Waals surface area contributed by atoms with Crippen LogP contribution in [-0.4, -0.2) is 126 Å². The highest BCUT2D eigenvalue weighted by atomic mass is 16.8. The number of nitrogens with zero attached hydrogens (tertiary/aromatic N) is 6. The molecule has 0 spiro atoms. The van der Waals surface area contributed by atoms with E-state index in [1.54, 1.807) is 38.2 Å². The molecule has 3 aromatic carbocycles. The number of nitro groups is 3. The Labute approximate surface area is 594 Å². The minimum atomic E-state index is -1.20. The molecule has 0 radical (unpaired) electrons. The van der Waals surface area contributed by atoms with Crippen molar-refractivity contribution in [2.24, 2.45) is 10.8 Å². The van der Waals surface area contributed by atoms with Crippen LogP contribution in [0, 0.1) is 41.2 Å². The molecule has 3 aliphatic heterocycles. The Balaban J connectivity index is 0.000000199. The summed E-state index contributed by atoms with van der Waals surface area (Å²) < 4.78 is 36.3. The number of nitro benzene ring substituents is 3. The number of ether oxygens (including phenoxy) is 7. The van der Waals surface area contributed by atoms with Crippen molar-refractivity contribution in [3.8, 4) is 17.2 Å². The normalized spacial score (nSPS) is 23.7. The van der Waals surface area contributed by atoms with Gasteiger partial charge >= 0.3 is 36.6 Å². The van der Waals surface area contributed by atoms with Crippen molar-refractivity contribution in [3.05, 3.63) is 152 Å². The molecule has 0 bridgehead atoms. The monoisotopic (exact) mass is 1450 g/mol.